The first kappa shape index (κ1) is 22.9. The number of nitrogens with zero attached hydrogens (tertiary/aromatic N) is 2. The number of halogens is 2. The van der Waals surface area contributed by atoms with Crippen LogP contribution in [0.3, 0.4) is 0 Å². The van der Waals surface area contributed by atoms with Gasteiger partial charge in [-0.1, -0.05) is 0 Å². The van der Waals surface area contributed by atoms with Crippen LogP contribution in [0.5, 0.6) is 11.5 Å². The fourth-order valence-corrected chi connectivity index (χ4v) is 2.48. The maximum absolute atomic E-state index is 12.6. The molecule has 2 aromatic rings. The van der Waals surface area contributed by atoms with Gasteiger partial charge in [-0.25, -0.2) is 4.99 Å². The predicted octanol–water partition coefficient (Wildman–Crippen LogP) is 2.18. The van der Waals surface area contributed by atoms with Crippen molar-refractivity contribution < 1.29 is 23.0 Å². The normalized spacial score (nSPS) is 11.2. The molecule has 0 unspecified atom stereocenters. The second kappa shape index (κ2) is 12.2. The quantitative estimate of drug-likeness (QED) is 0.309. The van der Waals surface area contributed by atoms with Gasteiger partial charge >= 0.3 is 6.61 Å². The van der Waals surface area contributed by atoms with E-state index in [9.17, 15) is 13.6 Å². The van der Waals surface area contributed by atoms with Gasteiger partial charge in [-0.15, -0.1) is 0 Å². The summed E-state index contributed by atoms with van der Waals surface area (Å²) in [4.78, 5) is 20.3. The van der Waals surface area contributed by atoms with Crippen molar-refractivity contribution in [2.75, 3.05) is 26.7 Å². The van der Waals surface area contributed by atoms with Crippen LogP contribution in [0.2, 0.25) is 0 Å². The fourth-order valence-electron chi connectivity index (χ4n) is 2.48. The Morgan fingerprint density at radius 1 is 1.20 bits per heavy atom. The van der Waals surface area contributed by atoms with Crippen molar-refractivity contribution in [3.05, 3.63) is 53.9 Å². The van der Waals surface area contributed by atoms with Crippen molar-refractivity contribution in [1.29, 1.82) is 0 Å². The Balaban J connectivity index is 1.94. The molecule has 0 saturated heterocycles. The number of aliphatic imine (C=N–C) groups is 1. The van der Waals surface area contributed by atoms with Gasteiger partial charge in [-0.3, -0.25) is 9.78 Å². The second-order valence-corrected chi connectivity index (χ2v) is 5.97. The monoisotopic (exact) mass is 421 g/mol. The number of rotatable bonds is 10. The van der Waals surface area contributed by atoms with E-state index in [2.05, 4.69) is 30.7 Å². The lowest BCUT2D eigenvalue weighted by Crippen LogP contribution is -2.41. The van der Waals surface area contributed by atoms with Crippen LogP contribution in [0.1, 0.15) is 22.8 Å². The third-order valence-electron chi connectivity index (χ3n) is 3.86. The van der Waals surface area contributed by atoms with E-state index >= 15 is 0 Å². The molecule has 0 aliphatic heterocycles. The Hall–Kier alpha value is -3.43. The van der Waals surface area contributed by atoms with Crippen molar-refractivity contribution in [3.8, 4) is 11.5 Å². The van der Waals surface area contributed by atoms with E-state index in [1.807, 2.05) is 6.92 Å². The molecule has 1 heterocycles. The van der Waals surface area contributed by atoms with Crippen molar-refractivity contribution in [2.24, 2.45) is 4.99 Å². The summed E-state index contributed by atoms with van der Waals surface area (Å²) < 4.78 is 35.0. The number of pyridine rings is 1. The van der Waals surface area contributed by atoms with E-state index < -0.39 is 6.61 Å². The average molecular weight is 421 g/mol. The highest BCUT2D eigenvalue weighted by Gasteiger charge is 2.11. The molecule has 162 valence electrons. The van der Waals surface area contributed by atoms with Gasteiger partial charge in [0.15, 0.2) is 5.96 Å². The molecule has 0 saturated carbocycles. The molecular formula is C20H25F2N5O3. The number of methoxy groups -OCH3 is 1. The van der Waals surface area contributed by atoms with E-state index in [1.54, 1.807) is 30.5 Å². The summed E-state index contributed by atoms with van der Waals surface area (Å²) in [5, 5.41) is 8.90. The first-order valence-corrected chi connectivity index (χ1v) is 9.35. The number of carbonyl (C=O) groups is 1. The minimum absolute atomic E-state index is 0.0362. The van der Waals surface area contributed by atoms with Gasteiger partial charge in [-0.2, -0.15) is 8.78 Å². The number of guanidine groups is 1. The molecule has 1 aromatic carbocycles. The fraction of sp³-hybridized carbons (Fsp3) is 0.350. The Morgan fingerprint density at radius 3 is 2.67 bits per heavy atom. The van der Waals surface area contributed by atoms with Crippen LogP contribution in [0.15, 0.2) is 47.7 Å². The van der Waals surface area contributed by atoms with Gasteiger partial charge in [0.25, 0.3) is 5.91 Å². The van der Waals surface area contributed by atoms with Crippen molar-refractivity contribution in [2.45, 2.75) is 20.1 Å². The minimum atomic E-state index is -2.93. The number of amides is 1. The summed E-state index contributed by atoms with van der Waals surface area (Å²) in [6.07, 6.45) is 3.08. The van der Waals surface area contributed by atoms with Crippen LogP contribution in [-0.4, -0.2) is 50.2 Å². The molecular weight excluding hydrogens is 396 g/mol. The summed E-state index contributed by atoms with van der Waals surface area (Å²) in [7, 11) is 1.49. The number of hydrogen-bond acceptors (Lipinski definition) is 5. The first-order valence-electron chi connectivity index (χ1n) is 9.35. The molecule has 0 radical (unpaired) electrons. The molecule has 0 spiro atoms. The largest absolute Gasteiger partial charge is 0.497 e. The lowest BCUT2D eigenvalue weighted by molar-refractivity contribution is -0.0504. The van der Waals surface area contributed by atoms with Gasteiger partial charge in [0.2, 0.25) is 0 Å². The lowest BCUT2D eigenvalue weighted by Gasteiger charge is -2.14. The molecule has 8 nitrogen and oxygen atoms in total. The standard InChI is InChI=1S/C20H25F2N5O3/c1-3-24-20(26-10-9-25-18(28)14-5-4-8-23-12-14)27-13-15-11-16(29-2)6-7-17(15)30-19(21)22/h4-8,11-12,19H,3,9-10,13H2,1-2H3,(H,25,28)(H2,24,26,27). The third-order valence-corrected chi connectivity index (χ3v) is 3.86. The van der Waals surface area contributed by atoms with E-state index in [-0.39, 0.29) is 18.2 Å². The number of aromatic nitrogens is 1. The van der Waals surface area contributed by atoms with Crippen LogP contribution < -0.4 is 25.4 Å². The minimum Gasteiger partial charge on any atom is -0.497 e. The van der Waals surface area contributed by atoms with E-state index in [4.69, 9.17) is 4.74 Å². The molecule has 0 bridgehead atoms. The maximum atomic E-state index is 12.6. The van der Waals surface area contributed by atoms with Gasteiger partial charge in [0, 0.05) is 37.6 Å². The molecule has 0 fully saturated rings. The Morgan fingerprint density at radius 2 is 2.00 bits per heavy atom. The topological polar surface area (TPSA) is 96.9 Å². The number of alkyl halides is 2. The zero-order valence-electron chi connectivity index (χ0n) is 16.8. The smallest absolute Gasteiger partial charge is 0.387 e. The van der Waals surface area contributed by atoms with Crippen molar-refractivity contribution in [1.82, 2.24) is 20.9 Å². The summed E-state index contributed by atoms with van der Waals surface area (Å²) in [6, 6.07) is 7.92. The number of ether oxygens (including phenoxy) is 2. The van der Waals surface area contributed by atoms with Gasteiger partial charge in [0.1, 0.15) is 11.5 Å². The Bertz CT molecular complexity index is 834. The zero-order chi connectivity index (χ0) is 21.8. The Kier molecular flexibility index (Phi) is 9.29. The summed E-state index contributed by atoms with van der Waals surface area (Å²) >= 11 is 0. The molecule has 0 atom stereocenters. The molecule has 1 amide bonds. The average Bonchev–Trinajstić information content (AvgIpc) is 2.75. The first-order chi connectivity index (χ1) is 14.5. The third kappa shape index (κ3) is 7.53. The summed E-state index contributed by atoms with van der Waals surface area (Å²) in [5.41, 5.74) is 0.930. The van der Waals surface area contributed by atoms with E-state index in [1.165, 1.54) is 19.4 Å². The van der Waals surface area contributed by atoms with Crippen molar-refractivity contribution in [3.63, 3.8) is 0 Å². The highest BCUT2D eigenvalue weighted by atomic mass is 19.3. The highest BCUT2D eigenvalue weighted by Crippen LogP contribution is 2.26. The van der Waals surface area contributed by atoms with Crippen LogP contribution in [0, 0.1) is 0 Å². The zero-order valence-corrected chi connectivity index (χ0v) is 16.8. The number of nitrogens with one attached hydrogen (secondary N) is 3. The number of hydrogen-bond donors (Lipinski definition) is 3. The van der Waals surface area contributed by atoms with Gasteiger partial charge in [-0.05, 0) is 37.3 Å². The summed E-state index contributed by atoms with van der Waals surface area (Å²) in [6.45, 7) is 0.435. The van der Waals surface area contributed by atoms with Crippen LogP contribution in [0.25, 0.3) is 0 Å². The molecule has 0 aliphatic rings. The molecule has 1 aromatic heterocycles. The highest BCUT2D eigenvalue weighted by molar-refractivity contribution is 5.93. The molecule has 2 rings (SSSR count). The van der Waals surface area contributed by atoms with Gasteiger partial charge < -0.3 is 25.4 Å². The SMILES string of the molecule is CCNC(=NCc1cc(OC)ccc1OC(F)F)NCCNC(=O)c1cccnc1. The molecule has 30 heavy (non-hydrogen) atoms. The number of benzene rings is 1. The van der Waals surface area contributed by atoms with Crippen LogP contribution >= 0.6 is 0 Å². The van der Waals surface area contributed by atoms with E-state index in [0.29, 0.717) is 42.5 Å². The number of carbonyl (C=O) groups excluding carboxylic acids is 1. The molecule has 0 aliphatic carbocycles. The van der Waals surface area contributed by atoms with Crippen LogP contribution in [-0.2, 0) is 6.54 Å². The van der Waals surface area contributed by atoms with E-state index in [0.717, 1.165) is 0 Å². The van der Waals surface area contributed by atoms with Crippen LogP contribution in [0.4, 0.5) is 8.78 Å². The lowest BCUT2D eigenvalue weighted by atomic mass is 10.2. The maximum Gasteiger partial charge on any atom is 0.387 e. The summed E-state index contributed by atoms with van der Waals surface area (Å²) in [5.74, 6) is 0.794. The molecule has 3 N–H and O–H groups in total. The van der Waals surface area contributed by atoms with Crippen molar-refractivity contribution >= 4 is 11.9 Å². The predicted molar refractivity (Wildman–Crippen MR) is 109 cm³/mol. The van der Waals surface area contributed by atoms with Gasteiger partial charge in [0.05, 0.1) is 19.2 Å². The Labute approximate surface area is 173 Å². The molecule has 10 heteroatoms. The second-order valence-electron chi connectivity index (χ2n) is 5.97.